The molecule has 0 saturated heterocycles. The summed E-state index contributed by atoms with van der Waals surface area (Å²) in [5, 5.41) is 0. The van der Waals surface area contributed by atoms with Crippen LogP contribution in [-0.4, -0.2) is 24.5 Å². The van der Waals surface area contributed by atoms with Crippen LogP contribution in [0.1, 0.15) is 30.2 Å². The molecule has 1 aromatic heterocycles. The van der Waals surface area contributed by atoms with E-state index in [0.29, 0.717) is 18.6 Å². The fourth-order valence-corrected chi connectivity index (χ4v) is 3.96. The first-order chi connectivity index (χ1) is 7.63. The summed E-state index contributed by atoms with van der Waals surface area (Å²) in [7, 11) is 2.17. The second kappa shape index (κ2) is 5.36. The highest BCUT2D eigenvalue weighted by Gasteiger charge is 2.28. The molecule has 2 N–H and O–H groups in total. The minimum absolute atomic E-state index is 0.305. The van der Waals surface area contributed by atoms with Crippen molar-refractivity contribution in [3.8, 4) is 0 Å². The van der Waals surface area contributed by atoms with Crippen LogP contribution < -0.4 is 5.73 Å². The van der Waals surface area contributed by atoms with Gasteiger partial charge in [-0.25, -0.2) is 0 Å². The standard InChI is InChI=1S/C11H16BrClN2S/c1-15(7-3-2-4-7)9(6-14)10-5-8(12)11(13)16-10/h5,7,9H,2-4,6,14H2,1H3. The van der Waals surface area contributed by atoms with Crippen LogP contribution in [0.15, 0.2) is 10.5 Å². The Hall–Kier alpha value is 0.390. The number of nitrogens with zero attached hydrogens (tertiary/aromatic N) is 1. The van der Waals surface area contributed by atoms with Gasteiger partial charge in [-0.3, -0.25) is 4.90 Å². The molecule has 1 aliphatic carbocycles. The number of thiophene rings is 1. The molecule has 0 aliphatic heterocycles. The van der Waals surface area contributed by atoms with Gasteiger partial charge in [0.25, 0.3) is 0 Å². The largest absolute Gasteiger partial charge is 0.329 e. The van der Waals surface area contributed by atoms with Crippen molar-refractivity contribution in [2.75, 3.05) is 13.6 Å². The molecule has 1 aliphatic rings. The van der Waals surface area contributed by atoms with Crippen molar-refractivity contribution in [1.29, 1.82) is 0 Å². The lowest BCUT2D eigenvalue weighted by molar-refractivity contribution is 0.115. The zero-order chi connectivity index (χ0) is 11.7. The number of nitrogens with two attached hydrogens (primary N) is 1. The van der Waals surface area contributed by atoms with Gasteiger partial charge < -0.3 is 5.73 Å². The van der Waals surface area contributed by atoms with Gasteiger partial charge in [-0.1, -0.05) is 18.0 Å². The lowest BCUT2D eigenvalue weighted by atomic mass is 9.90. The van der Waals surface area contributed by atoms with Gasteiger partial charge in [0, 0.05) is 21.9 Å². The van der Waals surface area contributed by atoms with E-state index in [4.69, 9.17) is 17.3 Å². The third-order valence-electron chi connectivity index (χ3n) is 3.36. The van der Waals surface area contributed by atoms with Crippen LogP contribution in [0, 0.1) is 0 Å². The van der Waals surface area contributed by atoms with Gasteiger partial charge in [-0.15, -0.1) is 11.3 Å². The number of hydrogen-bond donors (Lipinski definition) is 1. The quantitative estimate of drug-likeness (QED) is 0.916. The van der Waals surface area contributed by atoms with Crippen LogP contribution in [0.2, 0.25) is 4.34 Å². The Morgan fingerprint density at radius 1 is 1.69 bits per heavy atom. The molecule has 1 aromatic rings. The van der Waals surface area contributed by atoms with Gasteiger partial charge in [-0.05, 0) is 41.9 Å². The summed E-state index contributed by atoms with van der Waals surface area (Å²) in [6.45, 7) is 0.649. The normalized spacial score (nSPS) is 18.8. The van der Waals surface area contributed by atoms with E-state index in [-0.39, 0.29) is 0 Å². The lowest BCUT2D eigenvalue weighted by Crippen LogP contribution is -2.42. The molecule has 1 heterocycles. The Kier molecular flexibility index (Phi) is 4.30. The van der Waals surface area contributed by atoms with E-state index >= 15 is 0 Å². The summed E-state index contributed by atoms with van der Waals surface area (Å²) in [5.41, 5.74) is 5.89. The molecule has 0 radical (unpaired) electrons. The Labute approximate surface area is 114 Å². The topological polar surface area (TPSA) is 29.3 Å². The first-order valence-corrected chi connectivity index (χ1v) is 7.49. The zero-order valence-corrected chi connectivity index (χ0v) is 12.4. The van der Waals surface area contributed by atoms with Gasteiger partial charge in [0.2, 0.25) is 0 Å². The van der Waals surface area contributed by atoms with Gasteiger partial charge in [0.15, 0.2) is 0 Å². The first kappa shape index (κ1) is 12.8. The summed E-state index contributed by atoms with van der Waals surface area (Å²) < 4.78 is 1.80. The molecule has 5 heteroatoms. The SMILES string of the molecule is CN(C1CCC1)C(CN)c1cc(Br)c(Cl)s1. The molecule has 90 valence electrons. The van der Waals surface area contributed by atoms with Crippen LogP contribution in [0.3, 0.4) is 0 Å². The van der Waals surface area contributed by atoms with E-state index in [2.05, 4.69) is 33.9 Å². The van der Waals surface area contributed by atoms with Crippen molar-refractivity contribution >= 4 is 38.9 Å². The smallest absolute Gasteiger partial charge is 0.107 e. The zero-order valence-electron chi connectivity index (χ0n) is 9.25. The number of likely N-dealkylation sites (N-methyl/N-ethyl adjacent to an activating group) is 1. The van der Waals surface area contributed by atoms with E-state index in [1.807, 2.05) is 0 Å². The summed E-state index contributed by atoms with van der Waals surface area (Å²) >= 11 is 11.1. The lowest BCUT2D eigenvalue weighted by Gasteiger charge is -2.39. The van der Waals surface area contributed by atoms with Crippen molar-refractivity contribution < 1.29 is 0 Å². The third-order valence-corrected chi connectivity index (χ3v) is 5.93. The maximum Gasteiger partial charge on any atom is 0.107 e. The van der Waals surface area contributed by atoms with Crippen molar-refractivity contribution in [3.63, 3.8) is 0 Å². The first-order valence-electron chi connectivity index (χ1n) is 5.50. The van der Waals surface area contributed by atoms with Gasteiger partial charge in [-0.2, -0.15) is 0 Å². The Morgan fingerprint density at radius 2 is 2.38 bits per heavy atom. The molecule has 16 heavy (non-hydrogen) atoms. The highest BCUT2D eigenvalue weighted by molar-refractivity contribution is 9.10. The summed E-state index contributed by atoms with van der Waals surface area (Å²) in [4.78, 5) is 3.66. The van der Waals surface area contributed by atoms with E-state index in [0.717, 1.165) is 8.81 Å². The Morgan fingerprint density at radius 3 is 2.75 bits per heavy atom. The van der Waals surface area contributed by atoms with Crippen molar-refractivity contribution in [1.82, 2.24) is 4.90 Å². The van der Waals surface area contributed by atoms with Crippen molar-refractivity contribution in [2.45, 2.75) is 31.3 Å². The van der Waals surface area contributed by atoms with E-state index in [1.54, 1.807) is 11.3 Å². The maximum absolute atomic E-state index is 6.07. The van der Waals surface area contributed by atoms with Gasteiger partial charge in [0.1, 0.15) is 4.34 Å². The molecule has 0 aromatic carbocycles. The molecule has 1 saturated carbocycles. The minimum atomic E-state index is 0.305. The van der Waals surface area contributed by atoms with Crippen LogP contribution in [0.5, 0.6) is 0 Å². The minimum Gasteiger partial charge on any atom is -0.329 e. The average Bonchev–Trinajstić information content (AvgIpc) is 2.45. The van der Waals surface area contributed by atoms with Crippen molar-refractivity contribution in [2.24, 2.45) is 5.73 Å². The molecule has 2 rings (SSSR count). The number of halogens is 2. The molecule has 0 bridgehead atoms. The molecular formula is C11H16BrClN2S. The number of hydrogen-bond acceptors (Lipinski definition) is 3. The van der Waals surface area contributed by atoms with Crippen LogP contribution in [0.25, 0.3) is 0 Å². The molecule has 1 unspecified atom stereocenters. The van der Waals surface area contributed by atoms with Crippen LogP contribution in [-0.2, 0) is 0 Å². The summed E-state index contributed by atoms with van der Waals surface area (Å²) in [6, 6.07) is 3.10. The molecule has 1 atom stereocenters. The molecule has 2 nitrogen and oxygen atoms in total. The van der Waals surface area contributed by atoms with Crippen LogP contribution in [0.4, 0.5) is 0 Å². The van der Waals surface area contributed by atoms with E-state index < -0.39 is 0 Å². The highest BCUT2D eigenvalue weighted by Crippen LogP contribution is 2.38. The third kappa shape index (κ3) is 2.46. The highest BCUT2D eigenvalue weighted by atomic mass is 79.9. The average molecular weight is 324 g/mol. The predicted molar refractivity (Wildman–Crippen MR) is 74.2 cm³/mol. The second-order valence-electron chi connectivity index (χ2n) is 4.27. The fraction of sp³-hybridized carbons (Fsp3) is 0.636. The van der Waals surface area contributed by atoms with Crippen LogP contribution >= 0.6 is 38.9 Å². The fourth-order valence-electron chi connectivity index (χ4n) is 2.06. The molecule has 0 amide bonds. The van der Waals surface area contributed by atoms with E-state index in [9.17, 15) is 0 Å². The molecule has 0 spiro atoms. The Bertz CT molecular complexity index is 345. The van der Waals surface area contributed by atoms with E-state index in [1.165, 1.54) is 24.1 Å². The summed E-state index contributed by atoms with van der Waals surface area (Å²) in [5.74, 6) is 0. The monoisotopic (exact) mass is 322 g/mol. The van der Waals surface area contributed by atoms with Gasteiger partial charge in [0.05, 0.1) is 6.04 Å². The summed E-state index contributed by atoms with van der Waals surface area (Å²) in [6.07, 6.45) is 3.95. The molecular weight excluding hydrogens is 308 g/mol. The predicted octanol–water partition coefficient (Wildman–Crippen LogP) is 3.65. The second-order valence-corrected chi connectivity index (χ2v) is 6.81. The maximum atomic E-state index is 6.07. The molecule has 1 fully saturated rings. The van der Waals surface area contributed by atoms with Gasteiger partial charge >= 0.3 is 0 Å². The number of rotatable bonds is 4. The Balaban J connectivity index is 2.14. The van der Waals surface area contributed by atoms with Crippen molar-refractivity contribution in [3.05, 3.63) is 19.8 Å².